The molecular weight excluding hydrogens is 366 g/mol. The monoisotopic (exact) mass is 393 g/mol. The van der Waals surface area contributed by atoms with Crippen molar-refractivity contribution in [3.63, 3.8) is 0 Å². The standard InChI is InChI=1S/C23H27N3O3/c1-16(27)26-13-10-19-14-20(4-7-22(19)26)24-23(29)15-25-11-8-18(9-12-25)17-2-5-21(28)6-3-17/h2-7,14,18,28H,8-13,15H2,1H3,(H,24,29). The minimum absolute atomic E-state index is 0.00513. The number of hydrogen-bond acceptors (Lipinski definition) is 4. The number of carbonyl (C=O) groups excluding carboxylic acids is 2. The molecule has 0 atom stereocenters. The minimum Gasteiger partial charge on any atom is -0.508 e. The predicted octanol–water partition coefficient (Wildman–Crippen LogP) is 3.12. The van der Waals surface area contributed by atoms with E-state index in [-0.39, 0.29) is 11.8 Å². The average Bonchev–Trinajstić information content (AvgIpc) is 3.13. The van der Waals surface area contributed by atoms with E-state index in [1.165, 1.54) is 5.56 Å². The number of hydrogen-bond donors (Lipinski definition) is 2. The topological polar surface area (TPSA) is 72.9 Å². The van der Waals surface area contributed by atoms with Gasteiger partial charge in [-0.2, -0.15) is 0 Å². The SMILES string of the molecule is CC(=O)N1CCc2cc(NC(=O)CN3CCC(c4ccc(O)cc4)CC3)ccc21. The third-order valence-electron chi connectivity index (χ3n) is 5.96. The molecule has 0 spiro atoms. The van der Waals surface area contributed by atoms with E-state index in [0.29, 0.717) is 24.8 Å². The van der Waals surface area contributed by atoms with Gasteiger partial charge in [-0.25, -0.2) is 0 Å². The Morgan fingerprint density at radius 2 is 1.79 bits per heavy atom. The van der Waals surface area contributed by atoms with Gasteiger partial charge in [-0.05, 0) is 79.7 Å². The summed E-state index contributed by atoms with van der Waals surface area (Å²) in [7, 11) is 0. The highest BCUT2D eigenvalue weighted by atomic mass is 16.3. The van der Waals surface area contributed by atoms with Gasteiger partial charge in [0.15, 0.2) is 0 Å². The van der Waals surface area contributed by atoms with Crippen molar-refractivity contribution < 1.29 is 14.7 Å². The van der Waals surface area contributed by atoms with Crippen LogP contribution in [0.5, 0.6) is 5.75 Å². The van der Waals surface area contributed by atoms with Gasteiger partial charge in [-0.1, -0.05) is 12.1 Å². The van der Waals surface area contributed by atoms with Crippen molar-refractivity contribution in [1.82, 2.24) is 4.90 Å². The first-order valence-electron chi connectivity index (χ1n) is 10.2. The molecule has 0 aromatic heterocycles. The molecule has 0 saturated carbocycles. The third kappa shape index (κ3) is 4.43. The van der Waals surface area contributed by atoms with Gasteiger partial charge in [0.05, 0.1) is 6.54 Å². The Labute approximate surface area is 171 Å². The predicted molar refractivity (Wildman–Crippen MR) is 113 cm³/mol. The summed E-state index contributed by atoms with van der Waals surface area (Å²) in [4.78, 5) is 28.1. The Morgan fingerprint density at radius 1 is 1.07 bits per heavy atom. The molecule has 6 heteroatoms. The van der Waals surface area contributed by atoms with Gasteiger partial charge in [-0.3, -0.25) is 14.5 Å². The molecule has 0 unspecified atom stereocenters. The van der Waals surface area contributed by atoms with Crippen LogP contribution in [0, 0.1) is 0 Å². The van der Waals surface area contributed by atoms with E-state index in [0.717, 1.165) is 49.3 Å². The van der Waals surface area contributed by atoms with Gasteiger partial charge in [0, 0.05) is 24.8 Å². The smallest absolute Gasteiger partial charge is 0.238 e. The number of nitrogens with one attached hydrogen (secondary N) is 1. The number of fused-ring (bicyclic) bond motifs is 1. The summed E-state index contributed by atoms with van der Waals surface area (Å²) in [5.41, 5.74) is 4.10. The highest BCUT2D eigenvalue weighted by Gasteiger charge is 2.24. The zero-order valence-corrected chi connectivity index (χ0v) is 16.7. The van der Waals surface area contributed by atoms with Crippen LogP contribution in [0.3, 0.4) is 0 Å². The summed E-state index contributed by atoms with van der Waals surface area (Å²) in [6.45, 7) is 4.44. The molecular formula is C23H27N3O3. The minimum atomic E-state index is -0.00513. The molecule has 29 heavy (non-hydrogen) atoms. The quantitative estimate of drug-likeness (QED) is 0.837. The number of carbonyl (C=O) groups is 2. The molecule has 152 valence electrons. The molecule has 2 N–H and O–H groups in total. The van der Waals surface area contributed by atoms with Crippen molar-refractivity contribution in [2.75, 3.05) is 36.4 Å². The van der Waals surface area contributed by atoms with Crippen LogP contribution < -0.4 is 10.2 Å². The molecule has 0 radical (unpaired) electrons. The highest BCUT2D eigenvalue weighted by molar-refractivity contribution is 5.96. The fourth-order valence-corrected chi connectivity index (χ4v) is 4.38. The van der Waals surface area contributed by atoms with Crippen LogP contribution in [0.1, 0.15) is 36.8 Å². The molecule has 2 aliphatic heterocycles. The van der Waals surface area contributed by atoms with Crippen LogP contribution in [0.2, 0.25) is 0 Å². The first-order valence-corrected chi connectivity index (χ1v) is 10.2. The number of rotatable bonds is 4. The molecule has 6 nitrogen and oxygen atoms in total. The summed E-state index contributed by atoms with van der Waals surface area (Å²) in [6, 6.07) is 13.2. The van der Waals surface area contributed by atoms with E-state index in [2.05, 4.69) is 10.2 Å². The van der Waals surface area contributed by atoms with E-state index in [1.807, 2.05) is 30.3 Å². The van der Waals surface area contributed by atoms with Gasteiger partial charge in [-0.15, -0.1) is 0 Å². The number of amides is 2. The second-order valence-electron chi connectivity index (χ2n) is 7.95. The lowest BCUT2D eigenvalue weighted by molar-refractivity contribution is -0.118. The molecule has 1 fully saturated rings. The summed E-state index contributed by atoms with van der Waals surface area (Å²) in [5, 5.41) is 12.4. The summed E-state index contributed by atoms with van der Waals surface area (Å²) in [6.07, 6.45) is 2.85. The lowest BCUT2D eigenvalue weighted by Gasteiger charge is -2.31. The molecule has 2 aliphatic rings. The largest absolute Gasteiger partial charge is 0.508 e. The zero-order valence-electron chi connectivity index (χ0n) is 16.7. The van der Waals surface area contributed by atoms with Crippen molar-refractivity contribution in [3.05, 3.63) is 53.6 Å². The van der Waals surface area contributed by atoms with Gasteiger partial charge >= 0.3 is 0 Å². The number of piperidine rings is 1. The van der Waals surface area contributed by atoms with E-state index in [4.69, 9.17) is 0 Å². The summed E-state index contributed by atoms with van der Waals surface area (Å²) < 4.78 is 0. The Bertz CT molecular complexity index is 902. The Kier molecular flexibility index (Phi) is 5.53. The number of phenolic OH excluding ortho intramolecular Hbond substituents is 1. The van der Waals surface area contributed by atoms with Gasteiger partial charge < -0.3 is 15.3 Å². The maximum atomic E-state index is 12.5. The Hall–Kier alpha value is -2.86. The Balaban J connectivity index is 1.29. The normalized spacial score (nSPS) is 17.2. The number of aromatic hydroxyl groups is 1. The van der Waals surface area contributed by atoms with E-state index < -0.39 is 0 Å². The van der Waals surface area contributed by atoms with Crippen LogP contribution in [-0.4, -0.2) is 48.0 Å². The lowest BCUT2D eigenvalue weighted by atomic mass is 9.89. The molecule has 2 heterocycles. The molecule has 0 bridgehead atoms. The fourth-order valence-electron chi connectivity index (χ4n) is 4.38. The van der Waals surface area contributed by atoms with Crippen LogP contribution in [-0.2, 0) is 16.0 Å². The van der Waals surface area contributed by atoms with Crippen molar-refractivity contribution in [2.45, 2.75) is 32.1 Å². The number of anilines is 2. The maximum Gasteiger partial charge on any atom is 0.238 e. The summed E-state index contributed by atoms with van der Waals surface area (Å²) in [5.74, 6) is 0.824. The van der Waals surface area contributed by atoms with E-state index in [9.17, 15) is 14.7 Å². The molecule has 2 amide bonds. The Morgan fingerprint density at radius 3 is 2.48 bits per heavy atom. The van der Waals surface area contributed by atoms with Gasteiger partial charge in [0.1, 0.15) is 5.75 Å². The van der Waals surface area contributed by atoms with Crippen LogP contribution in [0.25, 0.3) is 0 Å². The molecule has 1 saturated heterocycles. The highest BCUT2D eigenvalue weighted by Crippen LogP contribution is 2.31. The molecule has 0 aliphatic carbocycles. The average molecular weight is 393 g/mol. The van der Waals surface area contributed by atoms with Crippen LogP contribution in [0.4, 0.5) is 11.4 Å². The lowest BCUT2D eigenvalue weighted by Crippen LogP contribution is -2.38. The third-order valence-corrected chi connectivity index (χ3v) is 5.96. The van der Waals surface area contributed by atoms with E-state index in [1.54, 1.807) is 24.0 Å². The number of nitrogens with zero attached hydrogens (tertiary/aromatic N) is 2. The maximum absolute atomic E-state index is 12.5. The van der Waals surface area contributed by atoms with Crippen molar-refractivity contribution in [3.8, 4) is 5.75 Å². The second kappa shape index (κ2) is 8.25. The van der Waals surface area contributed by atoms with Crippen molar-refractivity contribution >= 4 is 23.2 Å². The molecule has 4 rings (SSSR count). The van der Waals surface area contributed by atoms with Crippen molar-refractivity contribution in [1.29, 1.82) is 0 Å². The van der Waals surface area contributed by atoms with Gasteiger partial charge in [0.2, 0.25) is 11.8 Å². The zero-order chi connectivity index (χ0) is 20.4. The molecule has 2 aromatic carbocycles. The van der Waals surface area contributed by atoms with Crippen molar-refractivity contribution in [2.24, 2.45) is 0 Å². The second-order valence-corrected chi connectivity index (χ2v) is 7.95. The van der Waals surface area contributed by atoms with E-state index >= 15 is 0 Å². The fraction of sp³-hybridized carbons (Fsp3) is 0.391. The van der Waals surface area contributed by atoms with Crippen LogP contribution >= 0.6 is 0 Å². The summed E-state index contributed by atoms with van der Waals surface area (Å²) >= 11 is 0. The number of phenols is 1. The first kappa shape index (κ1) is 19.5. The van der Waals surface area contributed by atoms with Gasteiger partial charge in [0.25, 0.3) is 0 Å². The number of benzene rings is 2. The first-order chi connectivity index (χ1) is 14.0. The number of likely N-dealkylation sites (tertiary alicyclic amines) is 1. The van der Waals surface area contributed by atoms with Crippen LogP contribution in [0.15, 0.2) is 42.5 Å². The molecule has 2 aromatic rings.